The fourth-order valence-electron chi connectivity index (χ4n) is 0.952. The quantitative estimate of drug-likeness (QED) is 0.658. The van der Waals surface area contributed by atoms with Gasteiger partial charge in [0.1, 0.15) is 17.8 Å². The molecule has 0 bridgehead atoms. The zero-order valence-electron chi connectivity index (χ0n) is 8.48. The van der Waals surface area contributed by atoms with Crippen LogP contribution in [0, 0.1) is 22.7 Å². The fraction of sp³-hybridized carbons (Fsp3) is 0. The number of hydrogen-bond donors (Lipinski definition) is 1. The van der Waals surface area contributed by atoms with E-state index in [4.69, 9.17) is 39.5 Å². The van der Waals surface area contributed by atoms with E-state index in [1.807, 2.05) is 0 Å². The number of allylic oxidation sites excluding steroid dienone is 2. The zero-order chi connectivity index (χ0) is 12.8. The largest absolute Gasteiger partial charge is 0.388 e. The van der Waals surface area contributed by atoms with Gasteiger partial charge in [0.2, 0.25) is 0 Å². The lowest BCUT2D eigenvalue weighted by Crippen LogP contribution is -1.97. The van der Waals surface area contributed by atoms with Crippen LogP contribution in [0.25, 0.3) is 0 Å². The molecule has 0 radical (unpaired) electrons. The lowest BCUT2D eigenvalue weighted by Gasteiger charge is -1.97. The summed E-state index contributed by atoms with van der Waals surface area (Å²) in [6.45, 7) is 0. The van der Waals surface area contributed by atoms with Crippen LogP contribution in [0.15, 0.2) is 34.6 Å². The third-order valence-corrected chi connectivity index (χ3v) is 2.34. The minimum absolute atomic E-state index is 0.154. The van der Waals surface area contributed by atoms with Crippen LogP contribution in [0.5, 0.6) is 0 Å². The fourth-order valence-corrected chi connectivity index (χ4v) is 1.41. The van der Waals surface area contributed by atoms with E-state index in [-0.39, 0.29) is 11.4 Å². The highest BCUT2D eigenvalue weighted by Gasteiger charge is 2.01. The van der Waals surface area contributed by atoms with Crippen molar-refractivity contribution in [3.63, 3.8) is 0 Å². The molecule has 17 heavy (non-hydrogen) atoms. The maximum Gasteiger partial charge on any atom is 0.174 e. The highest BCUT2D eigenvalue weighted by molar-refractivity contribution is 6.36. The van der Waals surface area contributed by atoms with E-state index in [0.717, 1.165) is 0 Å². The van der Waals surface area contributed by atoms with Gasteiger partial charge in [0, 0.05) is 16.8 Å². The normalized spacial score (nSPS) is 11.8. The van der Waals surface area contributed by atoms with Crippen LogP contribution in [0.4, 0.5) is 0 Å². The molecular formula is C11H6Cl2N4. The Morgan fingerprint density at radius 3 is 2.53 bits per heavy atom. The van der Waals surface area contributed by atoms with E-state index in [0.29, 0.717) is 15.6 Å². The Balaban J connectivity index is 3.08. The number of nitrogens with two attached hydrogens (primary N) is 1. The average molecular weight is 265 g/mol. The van der Waals surface area contributed by atoms with Gasteiger partial charge in [-0.2, -0.15) is 10.5 Å². The summed E-state index contributed by atoms with van der Waals surface area (Å²) in [6.07, 6.45) is 1.35. The van der Waals surface area contributed by atoms with Crippen molar-refractivity contribution in [1.29, 1.82) is 10.5 Å². The molecule has 1 aromatic rings. The van der Waals surface area contributed by atoms with E-state index in [9.17, 15) is 0 Å². The first-order valence-electron chi connectivity index (χ1n) is 4.37. The van der Waals surface area contributed by atoms with Gasteiger partial charge in [0.05, 0.1) is 5.02 Å². The van der Waals surface area contributed by atoms with Crippen LogP contribution < -0.4 is 5.73 Å². The van der Waals surface area contributed by atoms with Crippen molar-refractivity contribution >= 4 is 29.4 Å². The molecule has 0 fully saturated rings. The SMILES string of the molecule is N#C/C(N)=C(\C#N)N=Cc1ccc(Cl)cc1Cl. The number of hydrogen-bond acceptors (Lipinski definition) is 4. The molecule has 0 aliphatic carbocycles. The van der Waals surface area contributed by atoms with Gasteiger partial charge in [-0.05, 0) is 12.1 Å². The van der Waals surface area contributed by atoms with Gasteiger partial charge in [-0.3, -0.25) is 0 Å². The second-order valence-corrected chi connectivity index (χ2v) is 3.75. The second kappa shape index (κ2) is 5.91. The standard InChI is InChI=1S/C11H6Cl2N4/c12-8-2-1-7(9(13)3-8)6-17-11(5-15)10(16)4-14/h1-3,6H,16H2/b11-10-,17-6?. The maximum atomic E-state index is 8.71. The molecule has 1 aromatic carbocycles. The second-order valence-electron chi connectivity index (χ2n) is 2.91. The molecule has 1 rings (SSSR count). The first-order chi connectivity index (χ1) is 8.08. The molecule has 0 aliphatic heterocycles. The number of halogens is 2. The molecule has 4 nitrogen and oxygen atoms in total. The van der Waals surface area contributed by atoms with Crippen LogP contribution in [-0.2, 0) is 0 Å². The number of nitriles is 2. The lowest BCUT2D eigenvalue weighted by atomic mass is 10.2. The summed E-state index contributed by atoms with van der Waals surface area (Å²) < 4.78 is 0. The van der Waals surface area contributed by atoms with Crippen LogP contribution in [0.3, 0.4) is 0 Å². The Hall–Kier alpha value is -2.01. The molecule has 0 aromatic heterocycles. The molecule has 2 N–H and O–H groups in total. The van der Waals surface area contributed by atoms with Crippen molar-refractivity contribution in [3.05, 3.63) is 45.2 Å². The van der Waals surface area contributed by atoms with Gasteiger partial charge in [0.25, 0.3) is 0 Å². The predicted molar refractivity (Wildman–Crippen MR) is 66.5 cm³/mol. The van der Waals surface area contributed by atoms with Crippen molar-refractivity contribution < 1.29 is 0 Å². The summed E-state index contributed by atoms with van der Waals surface area (Å²) in [4.78, 5) is 3.79. The Kier molecular flexibility index (Phi) is 4.54. The highest BCUT2D eigenvalue weighted by atomic mass is 35.5. The van der Waals surface area contributed by atoms with Gasteiger partial charge < -0.3 is 5.73 Å². The van der Waals surface area contributed by atoms with E-state index in [1.54, 1.807) is 30.3 Å². The summed E-state index contributed by atoms with van der Waals surface area (Å²) in [6, 6.07) is 8.19. The van der Waals surface area contributed by atoms with Crippen molar-refractivity contribution in [2.75, 3.05) is 0 Å². The number of benzene rings is 1. The third-order valence-electron chi connectivity index (χ3n) is 1.78. The van der Waals surface area contributed by atoms with E-state index >= 15 is 0 Å². The van der Waals surface area contributed by atoms with Crippen molar-refractivity contribution in [2.45, 2.75) is 0 Å². The molecule has 84 valence electrons. The third kappa shape index (κ3) is 3.49. The summed E-state index contributed by atoms with van der Waals surface area (Å²) in [5.41, 5.74) is 5.46. The molecule has 0 unspecified atom stereocenters. The Morgan fingerprint density at radius 1 is 1.29 bits per heavy atom. The minimum Gasteiger partial charge on any atom is -0.388 e. The molecule has 0 heterocycles. The molecule has 0 atom stereocenters. The number of aliphatic imine (C=N–C) groups is 1. The molecule has 0 saturated heterocycles. The maximum absolute atomic E-state index is 8.71. The van der Waals surface area contributed by atoms with Crippen molar-refractivity contribution in [1.82, 2.24) is 0 Å². The van der Waals surface area contributed by atoms with Gasteiger partial charge in [-0.15, -0.1) is 0 Å². The monoisotopic (exact) mass is 264 g/mol. The molecular weight excluding hydrogens is 259 g/mol. The first-order valence-corrected chi connectivity index (χ1v) is 5.13. The zero-order valence-corrected chi connectivity index (χ0v) is 10.00. The Bertz CT molecular complexity index is 576. The van der Waals surface area contributed by atoms with Gasteiger partial charge in [-0.1, -0.05) is 29.3 Å². The van der Waals surface area contributed by atoms with Crippen LogP contribution in [0.2, 0.25) is 10.0 Å². The first kappa shape index (κ1) is 13.1. The molecule has 6 heteroatoms. The molecule has 0 aliphatic rings. The lowest BCUT2D eigenvalue weighted by molar-refractivity contribution is 1.27. The smallest absolute Gasteiger partial charge is 0.174 e. The summed E-state index contributed by atoms with van der Waals surface area (Å²) in [7, 11) is 0. The van der Waals surface area contributed by atoms with Gasteiger partial charge in [0.15, 0.2) is 5.70 Å². The number of rotatable bonds is 2. The van der Waals surface area contributed by atoms with Gasteiger partial charge in [-0.25, -0.2) is 4.99 Å². The topological polar surface area (TPSA) is 86.0 Å². The minimum atomic E-state index is -0.242. The van der Waals surface area contributed by atoms with Crippen LogP contribution >= 0.6 is 23.2 Å². The summed E-state index contributed by atoms with van der Waals surface area (Å²) in [5, 5.41) is 18.1. The Morgan fingerprint density at radius 2 is 2.00 bits per heavy atom. The summed E-state index contributed by atoms with van der Waals surface area (Å²) in [5.74, 6) is 0. The van der Waals surface area contributed by atoms with E-state index < -0.39 is 0 Å². The van der Waals surface area contributed by atoms with E-state index in [2.05, 4.69) is 4.99 Å². The van der Waals surface area contributed by atoms with E-state index in [1.165, 1.54) is 6.21 Å². The predicted octanol–water partition coefficient (Wildman–Crippen LogP) is 2.63. The number of nitrogens with zero attached hydrogens (tertiary/aromatic N) is 3. The van der Waals surface area contributed by atoms with Crippen LogP contribution in [0.1, 0.15) is 5.56 Å². The average Bonchev–Trinajstić information content (AvgIpc) is 2.31. The Labute approximate surface area is 108 Å². The highest BCUT2D eigenvalue weighted by Crippen LogP contribution is 2.19. The molecule has 0 saturated carbocycles. The van der Waals surface area contributed by atoms with Crippen molar-refractivity contribution in [3.8, 4) is 12.1 Å². The molecule has 0 amide bonds. The summed E-state index contributed by atoms with van der Waals surface area (Å²) >= 11 is 11.6. The van der Waals surface area contributed by atoms with Crippen LogP contribution in [-0.4, -0.2) is 6.21 Å². The molecule has 0 spiro atoms. The van der Waals surface area contributed by atoms with Gasteiger partial charge >= 0.3 is 0 Å². The van der Waals surface area contributed by atoms with Crippen molar-refractivity contribution in [2.24, 2.45) is 10.7 Å².